The van der Waals surface area contributed by atoms with Crippen molar-refractivity contribution in [1.29, 1.82) is 0 Å². The summed E-state index contributed by atoms with van der Waals surface area (Å²) in [5.41, 5.74) is 0. The summed E-state index contributed by atoms with van der Waals surface area (Å²) >= 11 is 0. The molecule has 1 saturated carbocycles. The van der Waals surface area contributed by atoms with Crippen LogP contribution < -0.4 is 0 Å². The molecule has 0 heteroatoms. The number of hydrogen-bond donors (Lipinski definition) is 0. The van der Waals surface area contributed by atoms with Gasteiger partial charge < -0.3 is 0 Å². The van der Waals surface area contributed by atoms with Gasteiger partial charge in [0.1, 0.15) is 0 Å². The summed E-state index contributed by atoms with van der Waals surface area (Å²) in [6.07, 6.45) is 2.91. The second kappa shape index (κ2) is 3.81. The van der Waals surface area contributed by atoms with Crippen molar-refractivity contribution in [3.8, 4) is 0 Å². The van der Waals surface area contributed by atoms with E-state index in [1.54, 1.807) is 0 Å². The fraction of sp³-hybridized carbons (Fsp3) is 1.00. The van der Waals surface area contributed by atoms with E-state index in [4.69, 9.17) is 0 Å². The quantitative estimate of drug-likeness (QED) is 0.596. The normalized spacial score (nSPS) is 33.5. The van der Waals surface area contributed by atoms with Crippen LogP contribution in [-0.2, 0) is 0 Å². The van der Waals surface area contributed by atoms with Gasteiger partial charge in [0.15, 0.2) is 0 Å². The molecule has 4 atom stereocenters. The van der Waals surface area contributed by atoms with Crippen molar-refractivity contribution in [2.45, 2.75) is 47.5 Å². The maximum atomic E-state index is 2.45. The van der Waals surface area contributed by atoms with Crippen molar-refractivity contribution in [3.63, 3.8) is 0 Å². The lowest BCUT2D eigenvalue weighted by molar-refractivity contribution is 0.258. The lowest BCUT2D eigenvalue weighted by atomic mass is 9.82. The van der Waals surface area contributed by atoms with Gasteiger partial charge in [-0.15, -0.1) is 0 Å². The molecule has 1 rings (SSSR count). The summed E-state index contributed by atoms with van der Waals surface area (Å²) in [7, 11) is 0. The lowest BCUT2D eigenvalue weighted by Crippen LogP contribution is -2.16. The molecule has 0 amide bonds. The molecule has 12 heavy (non-hydrogen) atoms. The Bertz CT molecular complexity index is 137. The van der Waals surface area contributed by atoms with Crippen LogP contribution in [0.25, 0.3) is 0 Å². The first-order valence-electron chi connectivity index (χ1n) is 5.57. The molecule has 0 N–H and O–H groups in total. The highest BCUT2D eigenvalue weighted by molar-refractivity contribution is 4.90. The second-order valence-electron chi connectivity index (χ2n) is 5.03. The fourth-order valence-electron chi connectivity index (χ4n) is 2.38. The van der Waals surface area contributed by atoms with Crippen LogP contribution in [0.4, 0.5) is 0 Å². The van der Waals surface area contributed by atoms with Gasteiger partial charge in [-0.25, -0.2) is 0 Å². The first-order valence-corrected chi connectivity index (χ1v) is 5.57. The van der Waals surface area contributed by atoms with E-state index in [0.29, 0.717) is 0 Å². The molecule has 0 aromatic carbocycles. The van der Waals surface area contributed by atoms with Crippen LogP contribution >= 0.6 is 0 Å². The van der Waals surface area contributed by atoms with E-state index in [1.165, 1.54) is 12.8 Å². The molecule has 0 heterocycles. The molecule has 0 saturated heterocycles. The minimum atomic E-state index is 0.859. The Morgan fingerprint density at radius 2 is 1.75 bits per heavy atom. The third-order valence-electron chi connectivity index (χ3n) is 4.06. The van der Waals surface area contributed by atoms with Crippen LogP contribution in [0.15, 0.2) is 0 Å². The van der Waals surface area contributed by atoms with E-state index in [0.717, 1.165) is 29.6 Å². The highest BCUT2D eigenvalue weighted by atomic mass is 14.5. The first kappa shape index (κ1) is 10.1. The van der Waals surface area contributed by atoms with E-state index in [-0.39, 0.29) is 0 Å². The summed E-state index contributed by atoms with van der Waals surface area (Å²) < 4.78 is 0. The van der Waals surface area contributed by atoms with Gasteiger partial charge in [-0.2, -0.15) is 0 Å². The molecule has 0 aliphatic heterocycles. The zero-order valence-corrected chi connectivity index (χ0v) is 9.30. The topological polar surface area (TPSA) is 0 Å². The standard InChI is InChI=1S/C12H24/c1-6-11-7-12(11)10(5)9(4)8(2)3/h8-12H,6-7H2,1-5H3. The first-order chi connectivity index (χ1) is 5.57. The molecule has 0 spiro atoms. The van der Waals surface area contributed by atoms with Crippen LogP contribution in [0.1, 0.15) is 47.5 Å². The van der Waals surface area contributed by atoms with E-state index in [1.807, 2.05) is 0 Å². The van der Waals surface area contributed by atoms with Crippen molar-refractivity contribution in [1.82, 2.24) is 0 Å². The summed E-state index contributed by atoms with van der Waals surface area (Å²) in [6, 6.07) is 0. The van der Waals surface area contributed by atoms with Crippen LogP contribution in [0.2, 0.25) is 0 Å². The van der Waals surface area contributed by atoms with E-state index < -0.39 is 0 Å². The monoisotopic (exact) mass is 168 g/mol. The molecule has 0 aromatic heterocycles. The van der Waals surface area contributed by atoms with Gasteiger partial charge in [-0.05, 0) is 36.0 Å². The summed E-state index contributed by atoms with van der Waals surface area (Å²) in [6.45, 7) is 11.9. The summed E-state index contributed by atoms with van der Waals surface area (Å²) in [5, 5.41) is 0. The molecule has 1 aliphatic carbocycles. The molecule has 72 valence electrons. The van der Waals surface area contributed by atoms with Gasteiger partial charge >= 0.3 is 0 Å². The zero-order chi connectivity index (χ0) is 9.30. The Morgan fingerprint density at radius 3 is 2.08 bits per heavy atom. The van der Waals surface area contributed by atoms with Crippen molar-refractivity contribution in [2.24, 2.45) is 29.6 Å². The number of hydrogen-bond acceptors (Lipinski definition) is 0. The third kappa shape index (κ3) is 2.02. The van der Waals surface area contributed by atoms with E-state index in [2.05, 4.69) is 34.6 Å². The molecule has 1 aliphatic rings. The summed E-state index contributed by atoms with van der Waals surface area (Å²) in [5.74, 6) is 4.85. The smallest absolute Gasteiger partial charge is 0.0355 e. The predicted octanol–water partition coefficient (Wildman–Crippen LogP) is 3.96. The summed E-state index contributed by atoms with van der Waals surface area (Å²) in [4.78, 5) is 0. The van der Waals surface area contributed by atoms with Gasteiger partial charge in [0.2, 0.25) is 0 Å². The van der Waals surface area contributed by atoms with Gasteiger partial charge in [0, 0.05) is 0 Å². The molecule has 0 nitrogen and oxygen atoms in total. The van der Waals surface area contributed by atoms with Crippen molar-refractivity contribution in [2.75, 3.05) is 0 Å². The van der Waals surface area contributed by atoms with Gasteiger partial charge in [-0.3, -0.25) is 0 Å². The Morgan fingerprint density at radius 1 is 1.17 bits per heavy atom. The third-order valence-corrected chi connectivity index (χ3v) is 4.06. The van der Waals surface area contributed by atoms with E-state index >= 15 is 0 Å². The number of rotatable bonds is 4. The molecule has 4 unspecified atom stereocenters. The Balaban J connectivity index is 2.34. The Kier molecular flexibility index (Phi) is 3.20. The van der Waals surface area contributed by atoms with Crippen LogP contribution in [0.5, 0.6) is 0 Å². The van der Waals surface area contributed by atoms with Gasteiger partial charge in [0.05, 0.1) is 0 Å². The average molecular weight is 168 g/mol. The molecular formula is C12H24. The minimum absolute atomic E-state index is 0.859. The highest BCUT2D eigenvalue weighted by Gasteiger charge is 2.41. The van der Waals surface area contributed by atoms with Crippen LogP contribution in [-0.4, -0.2) is 0 Å². The van der Waals surface area contributed by atoms with Gasteiger partial charge in [-0.1, -0.05) is 41.0 Å². The largest absolute Gasteiger partial charge is 0.0651 e. The SMILES string of the molecule is CCC1CC1C(C)C(C)C(C)C. The predicted molar refractivity (Wildman–Crippen MR) is 55.1 cm³/mol. The molecule has 1 fully saturated rings. The molecular weight excluding hydrogens is 144 g/mol. The van der Waals surface area contributed by atoms with Crippen molar-refractivity contribution >= 4 is 0 Å². The van der Waals surface area contributed by atoms with E-state index in [9.17, 15) is 0 Å². The molecule has 0 aromatic rings. The van der Waals surface area contributed by atoms with Gasteiger partial charge in [0.25, 0.3) is 0 Å². The van der Waals surface area contributed by atoms with Crippen molar-refractivity contribution < 1.29 is 0 Å². The highest BCUT2D eigenvalue weighted by Crippen LogP contribution is 2.49. The minimum Gasteiger partial charge on any atom is -0.0651 e. The van der Waals surface area contributed by atoms with Crippen LogP contribution in [0.3, 0.4) is 0 Å². The Hall–Kier alpha value is 0. The molecule has 0 bridgehead atoms. The lowest BCUT2D eigenvalue weighted by Gasteiger charge is -2.23. The van der Waals surface area contributed by atoms with Crippen LogP contribution in [0, 0.1) is 29.6 Å². The maximum Gasteiger partial charge on any atom is -0.0355 e. The average Bonchev–Trinajstić information content (AvgIpc) is 2.80. The maximum absolute atomic E-state index is 2.45. The fourth-order valence-corrected chi connectivity index (χ4v) is 2.38. The molecule has 0 radical (unpaired) electrons. The van der Waals surface area contributed by atoms with Crippen molar-refractivity contribution in [3.05, 3.63) is 0 Å². The second-order valence-corrected chi connectivity index (χ2v) is 5.03. The zero-order valence-electron chi connectivity index (χ0n) is 9.30. The Labute approximate surface area is 77.7 Å².